The van der Waals surface area contributed by atoms with Gasteiger partial charge in [0.2, 0.25) is 11.8 Å². The maximum Gasteiger partial charge on any atom is 0.222 e. The third kappa shape index (κ3) is 5.34. The minimum absolute atomic E-state index is 0.235. The molecule has 5 heteroatoms. The van der Waals surface area contributed by atoms with E-state index < -0.39 is 0 Å². The van der Waals surface area contributed by atoms with E-state index in [1.807, 2.05) is 11.9 Å². The van der Waals surface area contributed by atoms with Gasteiger partial charge in [0.1, 0.15) is 5.76 Å². The van der Waals surface area contributed by atoms with E-state index in [4.69, 9.17) is 4.42 Å². The van der Waals surface area contributed by atoms with Crippen molar-refractivity contribution in [3.63, 3.8) is 0 Å². The highest BCUT2D eigenvalue weighted by atomic mass is 16.4. The minimum Gasteiger partial charge on any atom is -0.444 e. The number of likely N-dealkylation sites (N-methyl/N-ethyl adjacent to an activating group) is 2. The van der Waals surface area contributed by atoms with Crippen LogP contribution in [0.15, 0.2) is 4.42 Å². The van der Waals surface area contributed by atoms with E-state index in [2.05, 4.69) is 30.8 Å². The molecule has 0 aromatic carbocycles. The first-order valence-electron chi connectivity index (χ1n) is 8.89. The first-order chi connectivity index (χ1) is 11.0. The normalized spacial score (nSPS) is 15.5. The second kappa shape index (κ2) is 8.48. The average molecular weight is 321 g/mol. The highest BCUT2D eigenvalue weighted by molar-refractivity contribution is 5.76. The van der Waals surface area contributed by atoms with Crippen LogP contribution in [-0.4, -0.2) is 47.9 Å². The molecule has 1 aromatic rings. The molecule has 0 aliphatic heterocycles. The van der Waals surface area contributed by atoms with Crippen LogP contribution in [0.4, 0.5) is 0 Å². The molecular weight excluding hydrogens is 290 g/mol. The van der Waals surface area contributed by atoms with Crippen molar-refractivity contribution in [3.8, 4) is 0 Å². The fourth-order valence-corrected chi connectivity index (χ4v) is 2.83. The topological polar surface area (TPSA) is 49.6 Å². The van der Waals surface area contributed by atoms with Crippen molar-refractivity contribution in [2.24, 2.45) is 5.92 Å². The quantitative estimate of drug-likeness (QED) is 0.739. The van der Waals surface area contributed by atoms with Crippen LogP contribution in [0, 0.1) is 5.92 Å². The molecule has 0 spiro atoms. The van der Waals surface area contributed by atoms with Gasteiger partial charge in [0.25, 0.3) is 0 Å². The van der Waals surface area contributed by atoms with Gasteiger partial charge in [0, 0.05) is 33.0 Å². The fraction of sp³-hybridized carbons (Fsp3) is 0.778. The Bertz CT molecular complexity index is 489. The zero-order chi connectivity index (χ0) is 16.8. The maximum absolute atomic E-state index is 12.1. The molecule has 0 radical (unpaired) electrons. The summed E-state index contributed by atoms with van der Waals surface area (Å²) < 4.78 is 5.86. The third-order valence-electron chi connectivity index (χ3n) is 4.76. The monoisotopic (exact) mass is 321 g/mol. The molecule has 1 unspecified atom stereocenters. The van der Waals surface area contributed by atoms with Crippen molar-refractivity contribution in [2.45, 2.75) is 58.9 Å². The summed E-state index contributed by atoms with van der Waals surface area (Å²) in [4.78, 5) is 20.7. The highest BCUT2D eigenvalue weighted by Gasteiger charge is 2.18. The van der Waals surface area contributed by atoms with Crippen LogP contribution in [0.1, 0.15) is 56.9 Å². The van der Waals surface area contributed by atoms with E-state index in [-0.39, 0.29) is 5.91 Å². The Morgan fingerprint density at radius 1 is 1.26 bits per heavy atom. The van der Waals surface area contributed by atoms with Gasteiger partial charge >= 0.3 is 0 Å². The maximum atomic E-state index is 12.1. The second-order valence-electron chi connectivity index (χ2n) is 6.96. The number of amides is 1. The van der Waals surface area contributed by atoms with Gasteiger partial charge in [-0.1, -0.05) is 20.3 Å². The van der Waals surface area contributed by atoms with Gasteiger partial charge in [-0.05, 0) is 32.2 Å². The fourth-order valence-electron chi connectivity index (χ4n) is 2.83. The molecule has 0 bridgehead atoms. The van der Waals surface area contributed by atoms with Crippen molar-refractivity contribution in [3.05, 3.63) is 17.3 Å². The molecular formula is C18H31N3O2. The van der Waals surface area contributed by atoms with E-state index >= 15 is 0 Å². The number of carbonyl (C=O) groups excluding carboxylic acids is 1. The molecule has 23 heavy (non-hydrogen) atoms. The Balaban J connectivity index is 1.75. The smallest absolute Gasteiger partial charge is 0.222 e. The number of rotatable bonds is 8. The largest absolute Gasteiger partial charge is 0.444 e. The predicted octanol–water partition coefficient (Wildman–Crippen LogP) is 2.88. The molecule has 1 heterocycles. The number of aryl methyl sites for hydroxylation is 2. The first-order valence-corrected chi connectivity index (χ1v) is 8.89. The van der Waals surface area contributed by atoms with Gasteiger partial charge in [-0.2, -0.15) is 0 Å². The van der Waals surface area contributed by atoms with Gasteiger partial charge < -0.3 is 9.32 Å². The third-order valence-corrected chi connectivity index (χ3v) is 4.76. The standard InChI is InChI=1S/C18H31N3O2/c1-5-14(2)12-18(22)21(4)11-10-20(3)13-17-19-15-8-6-7-9-16(15)23-17/h14H,5-13H2,1-4H3. The van der Waals surface area contributed by atoms with Crippen LogP contribution >= 0.6 is 0 Å². The molecule has 0 N–H and O–H groups in total. The number of oxazole rings is 1. The van der Waals surface area contributed by atoms with Gasteiger partial charge in [-0.15, -0.1) is 0 Å². The summed E-state index contributed by atoms with van der Waals surface area (Å²) in [5.41, 5.74) is 1.15. The molecule has 1 aliphatic rings. The van der Waals surface area contributed by atoms with Gasteiger partial charge in [-0.3, -0.25) is 9.69 Å². The highest BCUT2D eigenvalue weighted by Crippen LogP contribution is 2.22. The van der Waals surface area contributed by atoms with E-state index in [9.17, 15) is 4.79 Å². The SMILES string of the molecule is CCC(C)CC(=O)N(C)CCN(C)Cc1nc2c(o1)CCCC2. The number of aromatic nitrogens is 1. The predicted molar refractivity (Wildman–Crippen MR) is 91.2 cm³/mol. The summed E-state index contributed by atoms with van der Waals surface area (Å²) in [7, 11) is 3.94. The lowest BCUT2D eigenvalue weighted by Crippen LogP contribution is -2.35. The molecule has 1 aromatic heterocycles. The van der Waals surface area contributed by atoms with Crippen LogP contribution in [0.25, 0.3) is 0 Å². The zero-order valence-corrected chi connectivity index (χ0v) is 15.1. The lowest BCUT2D eigenvalue weighted by Gasteiger charge is -2.22. The van der Waals surface area contributed by atoms with E-state index in [1.54, 1.807) is 0 Å². The second-order valence-corrected chi connectivity index (χ2v) is 6.96. The summed E-state index contributed by atoms with van der Waals surface area (Å²) >= 11 is 0. The molecule has 0 saturated heterocycles. The molecule has 130 valence electrons. The summed E-state index contributed by atoms with van der Waals surface area (Å²) in [5.74, 6) is 2.59. The minimum atomic E-state index is 0.235. The summed E-state index contributed by atoms with van der Waals surface area (Å²) in [6.45, 7) is 6.53. The number of hydrogen-bond acceptors (Lipinski definition) is 4. The molecule has 5 nitrogen and oxygen atoms in total. The number of nitrogens with zero attached hydrogens (tertiary/aromatic N) is 3. The molecule has 1 atom stereocenters. The molecule has 1 amide bonds. The lowest BCUT2D eigenvalue weighted by atomic mass is 10.0. The summed E-state index contributed by atoms with van der Waals surface area (Å²) in [5, 5.41) is 0. The van der Waals surface area contributed by atoms with Crippen LogP contribution in [0.3, 0.4) is 0 Å². The Hall–Kier alpha value is -1.36. The van der Waals surface area contributed by atoms with Crippen LogP contribution < -0.4 is 0 Å². The number of carbonyl (C=O) groups is 1. The Morgan fingerprint density at radius 3 is 2.70 bits per heavy atom. The van der Waals surface area contributed by atoms with Crippen molar-refractivity contribution < 1.29 is 9.21 Å². The molecule has 0 fully saturated rings. The number of hydrogen-bond donors (Lipinski definition) is 0. The van der Waals surface area contributed by atoms with Gasteiger partial charge in [-0.25, -0.2) is 4.98 Å². The number of fused-ring (bicyclic) bond motifs is 1. The Kier molecular flexibility index (Phi) is 6.63. The summed E-state index contributed by atoms with van der Waals surface area (Å²) in [6, 6.07) is 0. The van der Waals surface area contributed by atoms with Crippen molar-refractivity contribution in [1.82, 2.24) is 14.8 Å². The zero-order valence-electron chi connectivity index (χ0n) is 15.1. The van der Waals surface area contributed by atoms with Crippen LogP contribution in [0.2, 0.25) is 0 Å². The first kappa shape index (κ1) is 18.0. The van der Waals surface area contributed by atoms with Gasteiger partial charge in [0.05, 0.1) is 12.2 Å². The van der Waals surface area contributed by atoms with E-state index in [1.165, 1.54) is 12.8 Å². The lowest BCUT2D eigenvalue weighted by molar-refractivity contribution is -0.130. The Labute approximate surface area is 140 Å². The van der Waals surface area contributed by atoms with E-state index in [0.29, 0.717) is 18.9 Å². The van der Waals surface area contributed by atoms with Crippen LogP contribution in [-0.2, 0) is 24.2 Å². The van der Waals surface area contributed by atoms with Crippen molar-refractivity contribution in [1.29, 1.82) is 0 Å². The van der Waals surface area contributed by atoms with Gasteiger partial charge in [0.15, 0.2) is 0 Å². The molecule has 2 rings (SSSR count). The molecule has 1 aliphatic carbocycles. The average Bonchev–Trinajstić information content (AvgIpc) is 2.94. The van der Waals surface area contributed by atoms with E-state index in [0.717, 1.165) is 49.7 Å². The molecule has 0 saturated carbocycles. The van der Waals surface area contributed by atoms with Crippen molar-refractivity contribution in [2.75, 3.05) is 27.2 Å². The van der Waals surface area contributed by atoms with Crippen molar-refractivity contribution >= 4 is 5.91 Å². The summed E-state index contributed by atoms with van der Waals surface area (Å²) in [6.07, 6.45) is 6.20. The van der Waals surface area contributed by atoms with Crippen LogP contribution in [0.5, 0.6) is 0 Å². The Morgan fingerprint density at radius 2 is 2.00 bits per heavy atom.